The molecule has 6 heteroatoms. The van der Waals surface area contributed by atoms with Crippen molar-refractivity contribution in [2.75, 3.05) is 24.3 Å². The first-order chi connectivity index (χ1) is 8.99. The number of nitrogens with zero attached hydrogens (tertiary/aromatic N) is 1. The molecule has 0 atom stereocenters. The van der Waals surface area contributed by atoms with Gasteiger partial charge in [0.05, 0.1) is 22.5 Å². The van der Waals surface area contributed by atoms with E-state index < -0.39 is 0 Å². The number of anilines is 2. The maximum absolute atomic E-state index is 12.0. The number of hydrogen-bond acceptors (Lipinski definition) is 3. The molecule has 0 aliphatic carbocycles. The van der Waals surface area contributed by atoms with Gasteiger partial charge in [-0.15, -0.1) is 0 Å². The van der Waals surface area contributed by atoms with Crippen molar-refractivity contribution >= 4 is 44.8 Å². The highest BCUT2D eigenvalue weighted by atomic mass is 79.9. The summed E-state index contributed by atoms with van der Waals surface area (Å²) < 4.78 is 5.42. The monoisotopic (exact) mass is 342 g/mol. The van der Waals surface area contributed by atoms with Gasteiger partial charge in [0.2, 0.25) is 0 Å². The van der Waals surface area contributed by atoms with Gasteiger partial charge < -0.3 is 14.6 Å². The Kier molecular flexibility index (Phi) is 4.17. The highest BCUT2D eigenvalue weighted by Crippen LogP contribution is 2.28. The molecule has 0 unspecified atom stereocenters. The molecule has 0 aliphatic heterocycles. The highest BCUT2D eigenvalue weighted by molar-refractivity contribution is 9.10. The molecule has 2 rings (SSSR count). The molecule has 0 bridgehead atoms. The fourth-order valence-corrected chi connectivity index (χ4v) is 2.37. The number of furan rings is 1. The molecule has 100 valence electrons. The molecule has 0 fully saturated rings. The molecular weight excluding hydrogens is 332 g/mol. The molecule has 0 saturated carbocycles. The van der Waals surface area contributed by atoms with Crippen molar-refractivity contribution in [1.29, 1.82) is 0 Å². The molecule has 2 aromatic rings. The predicted octanol–water partition coefficient (Wildman–Crippen LogP) is 4.01. The van der Waals surface area contributed by atoms with E-state index in [2.05, 4.69) is 21.2 Å². The predicted molar refractivity (Wildman–Crippen MR) is 80.1 cm³/mol. The van der Waals surface area contributed by atoms with Crippen molar-refractivity contribution in [2.24, 2.45) is 0 Å². The number of hydrogen-bond donors (Lipinski definition) is 1. The van der Waals surface area contributed by atoms with Gasteiger partial charge in [-0.25, -0.2) is 0 Å². The van der Waals surface area contributed by atoms with E-state index in [9.17, 15) is 4.79 Å². The average Bonchev–Trinajstić information content (AvgIpc) is 2.75. The van der Waals surface area contributed by atoms with E-state index in [1.807, 2.05) is 25.1 Å². The molecule has 1 aromatic heterocycles. The topological polar surface area (TPSA) is 45.5 Å². The van der Waals surface area contributed by atoms with E-state index in [0.29, 0.717) is 20.9 Å². The maximum atomic E-state index is 12.0. The van der Waals surface area contributed by atoms with Crippen LogP contribution in [0.25, 0.3) is 0 Å². The maximum Gasteiger partial charge on any atom is 0.260 e. The first-order valence-electron chi connectivity index (χ1n) is 5.50. The van der Waals surface area contributed by atoms with Crippen molar-refractivity contribution < 1.29 is 9.21 Å². The zero-order chi connectivity index (χ0) is 14.0. The second-order valence-electron chi connectivity index (χ2n) is 4.12. The average molecular weight is 344 g/mol. The number of halogens is 2. The quantitative estimate of drug-likeness (QED) is 0.915. The second kappa shape index (κ2) is 5.67. The molecule has 4 nitrogen and oxygen atoms in total. The third kappa shape index (κ3) is 3.11. The lowest BCUT2D eigenvalue weighted by Crippen LogP contribution is -2.12. The van der Waals surface area contributed by atoms with Gasteiger partial charge in [0.25, 0.3) is 5.91 Å². The minimum atomic E-state index is -0.255. The summed E-state index contributed by atoms with van der Waals surface area (Å²) in [4.78, 5) is 13.9. The van der Waals surface area contributed by atoms with Gasteiger partial charge in [0.1, 0.15) is 0 Å². The Labute approximate surface area is 124 Å². The molecule has 0 saturated heterocycles. The zero-order valence-electron chi connectivity index (χ0n) is 10.4. The van der Waals surface area contributed by atoms with Gasteiger partial charge in [-0.05, 0) is 40.2 Å². The smallest absolute Gasteiger partial charge is 0.260 e. The van der Waals surface area contributed by atoms with Gasteiger partial charge in [0, 0.05) is 19.8 Å². The summed E-state index contributed by atoms with van der Waals surface area (Å²) in [5.41, 5.74) is 1.96. The first-order valence-corrected chi connectivity index (χ1v) is 6.67. The summed E-state index contributed by atoms with van der Waals surface area (Å²) in [6.07, 6.45) is 1.45. The number of carbonyl (C=O) groups is 1. The van der Waals surface area contributed by atoms with Crippen LogP contribution in [-0.4, -0.2) is 20.0 Å². The number of amides is 1. The Morgan fingerprint density at radius 1 is 1.37 bits per heavy atom. The fourth-order valence-electron chi connectivity index (χ4n) is 1.60. The van der Waals surface area contributed by atoms with E-state index in [0.717, 1.165) is 5.69 Å². The Bertz CT molecular complexity index is 610. The molecule has 1 amide bonds. The van der Waals surface area contributed by atoms with Crippen molar-refractivity contribution in [3.05, 3.63) is 45.8 Å². The molecule has 1 aromatic carbocycles. The van der Waals surface area contributed by atoms with Gasteiger partial charge in [-0.3, -0.25) is 4.79 Å². The molecule has 0 radical (unpaired) electrons. The van der Waals surface area contributed by atoms with Crippen LogP contribution in [0.1, 0.15) is 10.4 Å². The van der Waals surface area contributed by atoms with Crippen LogP contribution in [-0.2, 0) is 0 Å². The van der Waals surface area contributed by atoms with Crippen LogP contribution in [0.4, 0.5) is 11.4 Å². The first kappa shape index (κ1) is 14.0. The van der Waals surface area contributed by atoms with Crippen LogP contribution in [0.2, 0.25) is 5.02 Å². The van der Waals surface area contributed by atoms with E-state index in [4.69, 9.17) is 16.0 Å². The molecule has 19 heavy (non-hydrogen) atoms. The Hall–Kier alpha value is -1.46. The van der Waals surface area contributed by atoms with E-state index >= 15 is 0 Å². The largest absolute Gasteiger partial charge is 0.457 e. The van der Waals surface area contributed by atoms with Gasteiger partial charge in [-0.1, -0.05) is 11.6 Å². The number of benzene rings is 1. The minimum Gasteiger partial charge on any atom is -0.457 e. The Morgan fingerprint density at radius 3 is 2.63 bits per heavy atom. The number of carbonyl (C=O) groups excluding carboxylic acids is 1. The van der Waals surface area contributed by atoms with Crippen molar-refractivity contribution in [1.82, 2.24) is 0 Å². The van der Waals surface area contributed by atoms with Crippen molar-refractivity contribution in [3.8, 4) is 0 Å². The molecule has 0 spiro atoms. The lowest BCUT2D eigenvalue weighted by atomic mass is 10.2. The lowest BCUT2D eigenvalue weighted by Gasteiger charge is -2.15. The molecule has 1 N–H and O–H groups in total. The highest BCUT2D eigenvalue weighted by Gasteiger charge is 2.13. The molecular formula is C13H12BrClN2O2. The fraction of sp³-hybridized carbons (Fsp3) is 0.154. The van der Waals surface area contributed by atoms with Crippen LogP contribution in [0.3, 0.4) is 0 Å². The van der Waals surface area contributed by atoms with Crippen LogP contribution in [0.5, 0.6) is 0 Å². The SMILES string of the molecule is CN(C)c1ccc(NC(=O)c2ccoc2Br)cc1Cl. The summed E-state index contributed by atoms with van der Waals surface area (Å²) in [7, 11) is 3.81. The number of rotatable bonds is 3. The van der Waals surface area contributed by atoms with Crippen LogP contribution in [0.15, 0.2) is 39.6 Å². The lowest BCUT2D eigenvalue weighted by molar-refractivity contribution is 0.102. The van der Waals surface area contributed by atoms with Crippen LogP contribution in [0, 0.1) is 0 Å². The van der Waals surface area contributed by atoms with E-state index in [1.54, 1.807) is 18.2 Å². The van der Waals surface area contributed by atoms with Crippen molar-refractivity contribution in [3.63, 3.8) is 0 Å². The van der Waals surface area contributed by atoms with E-state index in [1.165, 1.54) is 6.26 Å². The summed E-state index contributed by atoms with van der Waals surface area (Å²) in [6.45, 7) is 0. The van der Waals surface area contributed by atoms with Crippen LogP contribution >= 0.6 is 27.5 Å². The van der Waals surface area contributed by atoms with Crippen molar-refractivity contribution in [2.45, 2.75) is 0 Å². The third-order valence-electron chi connectivity index (χ3n) is 2.55. The number of nitrogens with one attached hydrogen (secondary N) is 1. The summed E-state index contributed by atoms with van der Waals surface area (Å²) >= 11 is 9.31. The van der Waals surface area contributed by atoms with Gasteiger partial charge >= 0.3 is 0 Å². The summed E-state index contributed by atoms with van der Waals surface area (Å²) in [5, 5.41) is 3.34. The second-order valence-corrected chi connectivity index (χ2v) is 5.25. The van der Waals surface area contributed by atoms with Gasteiger partial charge in [-0.2, -0.15) is 0 Å². The normalized spacial score (nSPS) is 10.3. The molecule has 1 heterocycles. The summed E-state index contributed by atoms with van der Waals surface area (Å²) in [6, 6.07) is 6.95. The zero-order valence-corrected chi connectivity index (χ0v) is 12.7. The summed E-state index contributed by atoms with van der Waals surface area (Å²) in [5.74, 6) is -0.255. The van der Waals surface area contributed by atoms with Crippen LogP contribution < -0.4 is 10.2 Å². The Balaban J connectivity index is 2.18. The third-order valence-corrected chi connectivity index (χ3v) is 3.47. The Morgan fingerprint density at radius 2 is 2.11 bits per heavy atom. The van der Waals surface area contributed by atoms with E-state index in [-0.39, 0.29) is 5.91 Å². The standard InChI is InChI=1S/C13H12BrClN2O2/c1-17(2)11-4-3-8(7-10(11)15)16-13(18)9-5-6-19-12(9)14/h3-7H,1-2H3,(H,16,18). The van der Waals surface area contributed by atoms with Gasteiger partial charge in [0.15, 0.2) is 4.67 Å². The minimum absolute atomic E-state index is 0.255. The molecule has 0 aliphatic rings.